The Kier molecular flexibility index (Phi) is 7.72. The van der Waals surface area contributed by atoms with Crippen molar-refractivity contribution < 1.29 is 4.74 Å². The number of benzene rings is 2. The Labute approximate surface area is 198 Å². The second-order valence-electron chi connectivity index (χ2n) is 8.26. The van der Waals surface area contributed by atoms with Crippen LogP contribution in [0.25, 0.3) is 10.9 Å². The minimum atomic E-state index is -0.183. The predicted octanol–water partition coefficient (Wildman–Crippen LogP) is 5.80. The molecule has 3 aromatic rings. The van der Waals surface area contributed by atoms with Crippen molar-refractivity contribution in [1.29, 1.82) is 0 Å². The van der Waals surface area contributed by atoms with Crippen molar-refractivity contribution in [2.75, 3.05) is 19.0 Å². The summed E-state index contributed by atoms with van der Waals surface area (Å²) in [6, 6.07) is 11.5. The van der Waals surface area contributed by atoms with Gasteiger partial charge in [-0.1, -0.05) is 36.7 Å². The van der Waals surface area contributed by atoms with Gasteiger partial charge in [0, 0.05) is 41.8 Å². The van der Waals surface area contributed by atoms with Crippen molar-refractivity contribution in [1.82, 2.24) is 9.66 Å². The van der Waals surface area contributed by atoms with Gasteiger partial charge >= 0.3 is 0 Å². The summed E-state index contributed by atoms with van der Waals surface area (Å²) in [6.45, 7) is 8.27. The number of fused-ring (bicyclic) bond motifs is 1. The van der Waals surface area contributed by atoms with Crippen LogP contribution in [0.2, 0.25) is 0 Å². The summed E-state index contributed by atoms with van der Waals surface area (Å²) >= 11 is 3.45. The van der Waals surface area contributed by atoms with Gasteiger partial charge in [0.15, 0.2) is 0 Å². The van der Waals surface area contributed by atoms with Crippen LogP contribution in [0.15, 0.2) is 50.8 Å². The number of nitrogens with zero attached hydrogens (tertiary/aromatic N) is 4. The molecule has 0 radical (unpaired) electrons. The first kappa shape index (κ1) is 24.0. The maximum atomic E-state index is 13.3. The maximum Gasteiger partial charge on any atom is 0.282 e. The number of ether oxygens (including phenoxy) is 1. The number of anilines is 1. The molecular formula is C25H31BrN4O2. The van der Waals surface area contributed by atoms with E-state index >= 15 is 0 Å². The highest BCUT2D eigenvalue weighted by Gasteiger charge is 2.16. The van der Waals surface area contributed by atoms with Gasteiger partial charge in [-0.2, -0.15) is 9.78 Å². The molecule has 0 amide bonds. The topological polar surface area (TPSA) is 59.7 Å². The van der Waals surface area contributed by atoms with E-state index in [0.29, 0.717) is 16.7 Å². The fraction of sp³-hybridized carbons (Fsp3) is 0.400. The van der Waals surface area contributed by atoms with Gasteiger partial charge in [-0.3, -0.25) is 4.79 Å². The second kappa shape index (κ2) is 10.3. The largest absolute Gasteiger partial charge is 0.490 e. The van der Waals surface area contributed by atoms with E-state index < -0.39 is 0 Å². The van der Waals surface area contributed by atoms with Gasteiger partial charge < -0.3 is 9.64 Å². The fourth-order valence-corrected chi connectivity index (χ4v) is 3.57. The van der Waals surface area contributed by atoms with Crippen LogP contribution in [-0.4, -0.2) is 36.1 Å². The van der Waals surface area contributed by atoms with Crippen molar-refractivity contribution in [3.05, 3.63) is 62.6 Å². The number of aromatic nitrogens is 2. The standard InChI is InChI=1S/C25H31BrN4O2/c1-7-16(3)24-28-22-12-10-19(26)13-21(22)25(31)30(24)27-15-18-9-11-20(29(5)6)14-23(18)32-17(4)8-2/h9-17H,7-8H2,1-6H3/t16-,17-/m1/s1. The van der Waals surface area contributed by atoms with Gasteiger partial charge in [-0.25, -0.2) is 4.98 Å². The normalized spacial score (nSPS) is 13.5. The van der Waals surface area contributed by atoms with Gasteiger partial charge in [0.05, 0.1) is 23.2 Å². The number of hydrogen-bond acceptors (Lipinski definition) is 5. The first-order chi connectivity index (χ1) is 15.2. The molecule has 2 aromatic carbocycles. The fourth-order valence-electron chi connectivity index (χ4n) is 3.21. The van der Waals surface area contributed by atoms with Crippen molar-refractivity contribution in [2.24, 2.45) is 5.10 Å². The smallest absolute Gasteiger partial charge is 0.282 e. The van der Waals surface area contributed by atoms with Gasteiger partial charge in [0.25, 0.3) is 5.56 Å². The molecule has 0 saturated carbocycles. The van der Waals surface area contributed by atoms with Crippen LogP contribution in [0.4, 0.5) is 5.69 Å². The first-order valence-electron chi connectivity index (χ1n) is 11.0. The monoisotopic (exact) mass is 498 g/mol. The zero-order chi connectivity index (χ0) is 23.4. The minimum Gasteiger partial charge on any atom is -0.490 e. The van der Waals surface area contributed by atoms with E-state index in [2.05, 4.69) is 41.8 Å². The third kappa shape index (κ3) is 5.21. The quantitative estimate of drug-likeness (QED) is 0.368. The van der Waals surface area contributed by atoms with E-state index in [1.807, 2.05) is 56.3 Å². The first-order valence-corrected chi connectivity index (χ1v) is 11.8. The molecule has 32 heavy (non-hydrogen) atoms. The lowest BCUT2D eigenvalue weighted by Crippen LogP contribution is -2.23. The highest BCUT2D eigenvalue weighted by Crippen LogP contribution is 2.26. The zero-order valence-corrected chi connectivity index (χ0v) is 21.2. The van der Waals surface area contributed by atoms with Crippen molar-refractivity contribution in [3.8, 4) is 5.75 Å². The van der Waals surface area contributed by atoms with Crippen LogP contribution >= 0.6 is 15.9 Å². The Bertz CT molecular complexity index is 1190. The summed E-state index contributed by atoms with van der Waals surface area (Å²) in [5, 5.41) is 5.13. The van der Waals surface area contributed by atoms with Crippen LogP contribution < -0.4 is 15.2 Å². The minimum absolute atomic E-state index is 0.0673. The Morgan fingerprint density at radius 3 is 2.56 bits per heavy atom. The van der Waals surface area contributed by atoms with Crippen LogP contribution in [-0.2, 0) is 0 Å². The zero-order valence-electron chi connectivity index (χ0n) is 19.6. The molecule has 0 aliphatic heterocycles. The third-order valence-electron chi connectivity index (χ3n) is 5.62. The molecule has 170 valence electrons. The molecule has 6 nitrogen and oxygen atoms in total. The summed E-state index contributed by atoms with van der Waals surface area (Å²) in [5.74, 6) is 1.47. The summed E-state index contributed by atoms with van der Waals surface area (Å²) in [6.07, 6.45) is 3.50. The molecule has 0 unspecified atom stereocenters. The van der Waals surface area contributed by atoms with Crippen LogP contribution in [0.1, 0.15) is 57.8 Å². The van der Waals surface area contributed by atoms with E-state index in [0.717, 1.165) is 34.3 Å². The molecule has 0 saturated heterocycles. The molecule has 0 aliphatic carbocycles. The summed E-state index contributed by atoms with van der Waals surface area (Å²) < 4.78 is 8.42. The molecule has 1 aromatic heterocycles. The average Bonchev–Trinajstić information content (AvgIpc) is 2.78. The van der Waals surface area contributed by atoms with Crippen molar-refractivity contribution in [2.45, 2.75) is 52.6 Å². The van der Waals surface area contributed by atoms with Crippen molar-refractivity contribution in [3.63, 3.8) is 0 Å². The summed E-state index contributed by atoms with van der Waals surface area (Å²) in [7, 11) is 3.99. The van der Waals surface area contributed by atoms with E-state index in [4.69, 9.17) is 9.72 Å². The molecule has 0 N–H and O–H groups in total. The van der Waals surface area contributed by atoms with E-state index in [1.165, 1.54) is 4.68 Å². The van der Waals surface area contributed by atoms with Crippen LogP contribution in [0.3, 0.4) is 0 Å². The highest BCUT2D eigenvalue weighted by molar-refractivity contribution is 9.10. The molecule has 2 atom stereocenters. The molecule has 1 heterocycles. The molecule has 0 bridgehead atoms. The van der Waals surface area contributed by atoms with E-state index in [9.17, 15) is 4.79 Å². The third-order valence-corrected chi connectivity index (χ3v) is 6.11. The predicted molar refractivity (Wildman–Crippen MR) is 137 cm³/mol. The number of halogens is 1. The number of rotatable bonds is 8. The summed E-state index contributed by atoms with van der Waals surface area (Å²) in [5.41, 5.74) is 2.34. The molecule has 0 spiro atoms. The van der Waals surface area contributed by atoms with E-state index in [1.54, 1.807) is 12.3 Å². The molecule has 0 aliphatic rings. The Hall–Kier alpha value is -2.67. The number of hydrogen-bond donors (Lipinski definition) is 0. The highest BCUT2D eigenvalue weighted by atomic mass is 79.9. The van der Waals surface area contributed by atoms with Crippen molar-refractivity contribution >= 4 is 38.7 Å². The van der Waals surface area contributed by atoms with Gasteiger partial charge in [0.1, 0.15) is 11.6 Å². The Morgan fingerprint density at radius 1 is 1.16 bits per heavy atom. The maximum absolute atomic E-state index is 13.3. The molecule has 7 heteroatoms. The SMILES string of the molecule is CC[C@@H](C)Oc1cc(N(C)C)ccc1C=Nn1c([C@H](C)CC)nc2ccc(Br)cc2c1=O. The lowest BCUT2D eigenvalue weighted by atomic mass is 10.1. The molecule has 3 rings (SSSR count). The average molecular weight is 499 g/mol. The Morgan fingerprint density at radius 2 is 1.91 bits per heavy atom. The summed E-state index contributed by atoms with van der Waals surface area (Å²) in [4.78, 5) is 20.1. The van der Waals surface area contributed by atoms with Crippen LogP contribution in [0.5, 0.6) is 5.75 Å². The van der Waals surface area contributed by atoms with Crippen LogP contribution in [0, 0.1) is 0 Å². The van der Waals surface area contributed by atoms with E-state index in [-0.39, 0.29) is 17.6 Å². The molecule has 0 fully saturated rings. The van der Waals surface area contributed by atoms with Gasteiger partial charge in [0.2, 0.25) is 0 Å². The molecular weight excluding hydrogens is 468 g/mol. The van der Waals surface area contributed by atoms with Gasteiger partial charge in [-0.05, 0) is 50.1 Å². The second-order valence-corrected chi connectivity index (χ2v) is 9.17. The Balaban J connectivity index is 2.15. The lowest BCUT2D eigenvalue weighted by molar-refractivity contribution is 0.217. The van der Waals surface area contributed by atoms with Gasteiger partial charge in [-0.15, -0.1) is 0 Å². The lowest BCUT2D eigenvalue weighted by Gasteiger charge is -2.19.